The topological polar surface area (TPSA) is 59.1 Å². The average Bonchev–Trinajstić information content (AvgIpc) is 2.96. The normalized spacial score (nSPS) is 19.2. The summed E-state index contributed by atoms with van der Waals surface area (Å²) >= 11 is 4.73. The lowest BCUT2D eigenvalue weighted by Crippen LogP contribution is -2.36. The van der Waals surface area contributed by atoms with Crippen molar-refractivity contribution in [1.82, 2.24) is 9.71 Å². The summed E-state index contributed by atoms with van der Waals surface area (Å²) in [5.74, 6) is 0. The largest absolute Gasteiger partial charge is 0.251 e. The number of alkyl halides is 1. The molecule has 4 nitrogen and oxygen atoms in total. The van der Waals surface area contributed by atoms with Crippen molar-refractivity contribution < 1.29 is 8.42 Å². The van der Waals surface area contributed by atoms with Gasteiger partial charge < -0.3 is 0 Å². The Morgan fingerprint density at radius 1 is 1.50 bits per heavy atom. The molecule has 0 radical (unpaired) electrons. The molecule has 1 aromatic heterocycles. The van der Waals surface area contributed by atoms with E-state index in [0.29, 0.717) is 10.8 Å². The molecule has 1 heterocycles. The summed E-state index contributed by atoms with van der Waals surface area (Å²) in [6, 6.07) is 0. The third kappa shape index (κ3) is 3.12. The van der Waals surface area contributed by atoms with Crippen molar-refractivity contribution in [3.05, 3.63) is 11.2 Å². The maximum absolute atomic E-state index is 12.1. The van der Waals surface area contributed by atoms with E-state index in [2.05, 4.69) is 25.6 Å². The number of aryl methyl sites for hydroxylation is 1. The van der Waals surface area contributed by atoms with Crippen LogP contribution in [0, 0.1) is 12.3 Å². The van der Waals surface area contributed by atoms with Gasteiger partial charge in [-0.25, -0.2) is 18.1 Å². The van der Waals surface area contributed by atoms with E-state index in [1.165, 1.54) is 30.4 Å². The number of halogens is 1. The number of thiazole rings is 1. The van der Waals surface area contributed by atoms with E-state index >= 15 is 0 Å². The number of aromatic nitrogens is 1. The Kier molecular flexibility index (Phi) is 4.46. The van der Waals surface area contributed by atoms with Crippen LogP contribution < -0.4 is 4.72 Å². The van der Waals surface area contributed by atoms with Crippen molar-refractivity contribution in [1.29, 1.82) is 0 Å². The van der Waals surface area contributed by atoms with Gasteiger partial charge >= 0.3 is 0 Å². The van der Waals surface area contributed by atoms with Gasteiger partial charge in [0.05, 0.1) is 11.2 Å². The summed E-state index contributed by atoms with van der Waals surface area (Å²) in [7, 11) is -3.39. The number of nitrogens with one attached hydrogen (secondary N) is 1. The molecule has 2 rings (SSSR count). The first-order valence-electron chi connectivity index (χ1n) is 5.96. The lowest BCUT2D eigenvalue weighted by molar-refractivity contribution is 0.348. The van der Waals surface area contributed by atoms with Gasteiger partial charge in [0.2, 0.25) is 0 Å². The lowest BCUT2D eigenvalue weighted by Gasteiger charge is -2.26. The van der Waals surface area contributed by atoms with Crippen LogP contribution in [0.3, 0.4) is 0 Å². The second-order valence-corrected chi connectivity index (χ2v) is 8.65. The van der Waals surface area contributed by atoms with Gasteiger partial charge in [-0.15, -0.1) is 11.3 Å². The molecule has 1 saturated carbocycles. The third-order valence-corrected chi connectivity index (χ3v) is 7.41. The Morgan fingerprint density at radius 3 is 2.67 bits per heavy atom. The lowest BCUT2D eigenvalue weighted by atomic mass is 9.89. The number of hydrogen-bond donors (Lipinski definition) is 1. The standard InChI is InChI=1S/C11H17BrN2O2S2/c1-9-13-6-10(17-9)18(15,16)14-8-11(7-12)4-2-3-5-11/h6,14H,2-5,7-8H2,1H3. The van der Waals surface area contributed by atoms with E-state index in [4.69, 9.17) is 0 Å². The Morgan fingerprint density at radius 2 is 2.17 bits per heavy atom. The van der Waals surface area contributed by atoms with Crippen molar-refractivity contribution in [3.8, 4) is 0 Å². The molecule has 0 saturated heterocycles. The molecule has 1 aliphatic rings. The van der Waals surface area contributed by atoms with Crippen LogP contribution in [0.5, 0.6) is 0 Å². The van der Waals surface area contributed by atoms with Crippen molar-refractivity contribution >= 4 is 37.3 Å². The Hall–Kier alpha value is 0.0200. The minimum absolute atomic E-state index is 0.0901. The third-order valence-electron chi connectivity index (χ3n) is 3.45. The van der Waals surface area contributed by atoms with Crippen LogP contribution >= 0.6 is 27.3 Å². The van der Waals surface area contributed by atoms with Gasteiger partial charge in [-0.1, -0.05) is 28.8 Å². The molecule has 0 amide bonds. The summed E-state index contributed by atoms with van der Waals surface area (Å²) in [5.41, 5.74) is 0.0901. The highest BCUT2D eigenvalue weighted by atomic mass is 79.9. The van der Waals surface area contributed by atoms with Gasteiger partial charge in [0.1, 0.15) is 0 Å². The van der Waals surface area contributed by atoms with Crippen LogP contribution in [0.4, 0.5) is 0 Å². The van der Waals surface area contributed by atoms with Crippen LogP contribution in [0.2, 0.25) is 0 Å². The fraction of sp³-hybridized carbons (Fsp3) is 0.727. The molecular formula is C11H17BrN2O2S2. The molecule has 1 N–H and O–H groups in total. The summed E-state index contributed by atoms with van der Waals surface area (Å²) in [6.45, 7) is 2.32. The first-order chi connectivity index (χ1) is 8.47. The van der Waals surface area contributed by atoms with Crippen LogP contribution in [0.1, 0.15) is 30.7 Å². The molecule has 18 heavy (non-hydrogen) atoms. The molecule has 0 atom stereocenters. The van der Waals surface area contributed by atoms with E-state index in [9.17, 15) is 8.42 Å². The number of sulfonamides is 1. The maximum Gasteiger partial charge on any atom is 0.251 e. The van der Waals surface area contributed by atoms with Gasteiger partial charge in [-0.3, -0.25) is 0 Å². The average molecular weight is 353 g/mol. The molecule has 0 unspecified atom stereocenters. The summed E-state index contributed by atoms with van der Waals surface area (Å²) < 4.78 is 27.3. The number of nitrogens with zero attached hydrogens (tertiary/aromatic N) is 1. The van der Waals surface area contributed by atoms with Gasteiger partial charge in [-0.05, 0) is 25.2 Å². The first-order valence-corrected chi connectivity index (χ1v) is 9.38. The molecule has 7 heteroatoms. The monoisotopic (exact) mass is 352 g/mol. The maximum atomic E-state index is 12.1. The molecule has 102 valence electrons. The van der Waals surface area contributed by atoms with Gasteiger partial charge in [0, 0.05) is 11.9 Å². The Labute approximate surface area is 120 Å². The molecule has 0 spiro atoms. The summed E-state index contributed by atoms with van der Waals surface area (Å²) in [5, 5.41) is 1.62. The summed E-state index contributed by atoms with van der Waals surface area (Å²) in [4.78, 5) is 3.99. The highest BCUT2D eigenvalue weighted by Crippen LogP contribution is 2.39. The van der Waals surface area contributed by atoms with Gasteiger partial charge in [0.15, 0.2) is 4.21 Å². The Bertz CT molecular complexity index is 507. The molecule has 1 fully saturated rings. The minimum Gasteiger partial charge on any atom is -0.249 e. The van der Waals surface area contributed by atoms with Crippen molar-refractivity contribution in [2.75, 3.05) is 11.9 Å². The van der Waals surface area contributed by atoms with E-state index < -0.39 is 10.0 Å². The smallest absolute Gasteiger partial charge is 0.249 e. The van der Waals surface area contributed by atoms with Crippen molar-refractivity contribution in [2.45, 2.75) is 36.8 Å². The number of rotatable bonds is 5. The molecule has 0 aliphatic heterocycles. The van der Waals surface area contributed by atoms with E-state index in [0.717, 1.165) is 23.2 Å². The zero-order valence-electron chi connectivity index (χ0n) is 10.3. The zero-order chi connectivity index (χ0) is 13.2. The number of hydrogen-bond acceptors (Lipinski definition) is 4. The summed E-state index contributed by atoms with van der Waals surface area (Å²) in [6.07, 6.45) is 5.97. The molecule has 1 aromatic rings. The molecule has 1 aliphatic carbocycles. The van der Waals surface area contributed by atoms with Crippen LogP contribution in [0.15, 0.2) is 10.4 Å². The molecular weight excluding hydrogens is 336 g/mol. The van der Waals surface area contributed by atoms with E-state index in [-0.39, 0.29) is 5.41 Å². The molecule has 0 bridgehead atoms. The van der Waals surface area contributed by atoms with Crippen molar-refractivity contribution in [2.24, 2.45) is 5.41 Å². The zero-order valence-corrected chi connectivity index (χ0v) is 13.5. The quantitative estimate of drug-likeness (QED) is 0.828. The van der Waals surface area contributed by atoms with Gasteiger partial charge in [-0.2, -0.15) is 0 Å². The van der Waals surface area contributed by atoms with Crippen LogP contribution in [-0.2, 0) is 10.0 Å². The van der Waals surface area contributed by atoms with Crippen LogP contribution in [-0.4, -0.2) is 25.3 Å². The van der Waals surface area contributed by atoms with Crippen LogP contribution in [0.25, 0.3) is 0 Å². The predicted octanol–water partition coefficient (Wildman–Crippen LogP) is 2.69. The highest BCUT2D eigenvalue weighted by Gasteiger charge is 2.34. The minimum atomic E-state index is -3.39. The Balaban J connectivity index is 2.05. The first kappa shape index (κ1) is 14.4. The van der Waals surface area contributed by atoms with Crippen molar-refractivity contribution in [3.63, 3.8) is 0 Å². The van der Waals surface area contributed by atoms with Gasteiger partial charge in [0.25, 0.3) is 10.0 Å². The fourth-order valence-corrected chi connectivity index (χ4v) is 5.34. The second kappa shape index (κ2) is 5.56. The van der Waals surface area contributed by atoms with E-state index in [1.807, 2.05) is 0 Å². The van der Waals surface area contributed by atoms with E-state index in [1.54, 1.807) is 6.92 Å². The highest BCUT2D eigenvalue weighted by molar-refractivity contribution is 9.09. The predicted molar refractivity (Wildman–Crippen MR) is 76.7 cm³/mol. The SMILES string of the molecule is Cc1ncc(S(=O)(=O)NCC2(CBr)CCCC2)s1. The fourth-order valence-electron chi connectivity index (χ4n) is 2.27. The molecule has 0 aromatic carbocycles. The second-order valence-electron chi connectivity index (χ2n) is 4.86.